The third-order valence-corrected chi connectivity index (χ3v) is 3.53. The number of rotatable bonds is 3. The number of carbonyl (C=O) groups is 2. The summed E-state index contributed by atoms with van der Waals surface area (Å²) in [5.74, 6) is -0.902. The third-order valence-electron chi connectivity index (χ3n) is 3.53. The zero-order chi connectivity index (χ0) is 13.2. The number of carboxylic acids is 1. The van der Waals surface area contributed by atoms with Crippen molar-refractivity contribution in [3.8, 4) is 0 Å². The Morgan fingerprint density at radius 1 is 1.41 bits per heavy atom. The number of likely N-dealkylation sites (tertiary alicyclic amines) is 1. The first-order valence-corrected chi connectivity index (χ1v) is 6.06. The van der Waals surface area contributed by atoms with Gasteiger partial charge in [-0.2, -0.15) is 0 Å². The lowest BCUT2D eigenvalue weighted by Gasteiger charge is -2.39. The third kappa shape index (κ3) is 2.97. The standard InChI is InChI=1S/C12H22N2O3/c1-8(2)9(13)10(15)14-6-4-5-12(3,7-14)11(16)17/h8-9H,4-7,13H2,1-3H3,(H,16,17). The van der Waals surface area contributed by atoms with Crippen LogP contribution in [0.3, 0.4) is 0 Å². The van der Waals surface area contributed by atoms with Crippen LogP contribution in [-0.2, 0) is 9.59 Å². The number of amides is 1. The molecule has 17 heavy (non-hydrogen) atoms. The van der Waals surface area contributed by atoms with E-state index in [0.29, 0.717) is 13.0 Å². The Bertz CT molecular complexity index is 317. The maximum absolute atomic E-state index is 12.1. The van der Waals surface area contributed by atoms with Crippen molar-refractivity contribution in [3.63, 3.8) is 0 Å². The zero-order valence-electron chi connectivity index (χ0n) is 10.8. The SMILES string of the molecule is CC(C)C(N)C(=O)N1CCCC(C)(C(=O)O)C1. The minimum atomic E-state index is -0.840. The molecule has 0 aliphatic carbocycles. The zero-order valence-corrected chi connectivity index (χ0v) is 10.8. The van der Waals surface area contributed by atoms with Crippen molar-refractivity contribution in [1.29, 1.82) is 0 Å². The molecular weight excluding hydrogens is 220 g/mol. The van der Waals surface area contributed by atoms with Crippen LogP contribution in [0.1, 0.15) is 33.6 Å². The molecule has 0 spiro atoms. The molecule has 0 aromatic carbocycles. The lowest BCUT2D eigenvalue weighted by molar-refractivity contribution is -0.154. The van der Waals surface area contributed by atoms with Crippen molar-refractivity contribution in [2.24, 2.45) is 17.1 Å². The van der Waals surface area contributed by atoms with Gasteiger partial charge in [0.05, 0.1) is 11.5 Å². The van der Waals surface area contributed by atoms with E-state index in [1.165, 1.54) is 0 Å². The van der Waals surface area contributed by atoms with E-state index in [1.807, 2.05) is 13.8 Å². The number of nitrogens with two attached hydrogens (primary N) is 1. The molecule has 5 heteroatoms. The lowest BCUT2D eigenvalue weighted by Crippen LogP contribution is -2.54. The van der Waals surface area contributed by atoms with Crippen molar-refractivity contribution in [3.05, 3.63) is 0 Å². The van der Waals surface area contributed by atoms with Gasteiger partial charge in [-0.25, -0.2) is 0 Å². The molecule has 1 aliphatic rings. The Labute approximate surface area is 102 Å². The maximum atomic E-state index is 12.1. The van der Waals surface area contributed by atoms with Gasteiger partial charge in [0, 0.05) is 13.1 Å². The van der Waals surface area contributed by atoms with Crippen LogP contribution in [-0.4, -0.2) is 41.0 Å². The van der Waals surface area contributed by atoms with Gasteiger partial charge in [0.2, 0.25) is 5.91 Å². The van der Waals surface area contributed by atoms with Crippen molar-refractivity contribution < 1.29 is 14.7 Å². The molecule has 2 atom stereocenters. The summed E-state index contributed by atoms with van der Waals surface area (Å²) in [5, 5.41) is 9.18. The van der Waals surface area contributed by atoms with Crippen molar-refractivity contribution >= 4 is 11.9 Å². The first kappa shape index (κ1) is 14.0. The molecule has 98 valence electrons. The van der Waals surface area contributed by atoms with Gasteiger partial charge in [0.1, 0.15) is 0 Å². The van der Waals surface area contributed by atoms with Crippen LogP contribution < -0.4 is 5.73 Å². The van der Waals surface area contributed by atoms with Crippen LogP contribution >= 0.6 is 0 Å². The number of carbonyl (C=O) groups excluding carboxylic acids is 1. The lowest BCUT2D eigenvalue weighted by atomic mass is 9.81. The molecule has 1 heterocycles. The summed E-state index contributed by atoms with van der Waals surface area (Å²) < 4.78 is 0. The van der Waals surface area contributed by atoms with Gasteiger partial charge in [-0.1, -0.05) is 13.8 Å². The number of carboxylic acid groups (broad SMARTS) is 1. The monoisotopic (exact) mass is 242 g/mol. The number of hydrogen-bond donors (Lipinski definition) is 2. The Morgan fingerprint density at radius 2 is 2.00 bits per heavy atom. The van der Waals surface area contributed by atoms with Crippen LogP contribution in [0.2, 0.25) is 0 Å². The molecule has 0 aromatic heterocycles. The summed E-state index contributed by atoms with van der Waals surface area (Å²) in [4.78, 5) is 24.8. The fourth-order valence-corrected chi connectivity index (χ4v) is 2.10. The van der Waals surface area contributed by atoms with E-state index in [1.54, 1.807) is 11.8 Å². The quantitative estimate of drug-likeness (QED) is 0.762. The molecule has 1 fully saturated rings. The van der Waals surface area contributed by atoms with E-state index in [4.69, 9.17) is 5.73 Å². The summed E-state index contributed by atoms with van der Waals surface area (Å²) in [7, 11) is 0. The number of piperidine rings is 1. The Kier molecular flexibility index (Phi) is 4.14. The molecule has 0 radical (unpaired) electrons. The molecule has 2 unspecified atom stereocenters. The average Bonchev–Trinajstić information content (AvgIpc) is 2.26. The van der Waals surface area contributed by atoms with Gasteiger partial charge < -0.3 is 15.7 Å². The van der Waals surface area contributed by atoms with E-state index >= 15 is 0 Å². The number of hydrogen-bond acceptors (Lipinski definition) is 3. The maximum Gasteiger partial charge on any atom is 0.311 e. The Hall–Kier alpha value is -1.10. The average molecular weight is 242 g/mol. The van der Waals surface area contributed by atoms with Gasteiger partial charge in [-0.3, -0.25) is 9.59 Å². The molecule has 5 nitrogen and oxygen atoms in total. The minimum Gasteiger partial charge on any atom is -0.481 e. The summed E-state index contributed by atoms with van der Waals surface area (Å²) in [6.07, 6.45) is 1.34. The van der Waals surface area contributed by atoms with Crippen molar-refractivity contribution in [2.45, 2.75) is 39.7 Å². The fourth-order valence-electron chi connectivity index (χ4n) is 2.10. The Morgan fingerprint density at radius 3 is 2.47 bits per heavy atom. The van der Waals surface area contributed by atoms with Crippen LogP contribution in [0.15, 0.2) is 0 Å². The molecule has 1 saturated heterocycles. The number of aliphatic carboxylic acids is 1. The molecule has 1 rings (SSSR count). The number of nitrogens with zero attached hydrogens (tertiary/aromatic N) is 1. The van der Waals surface area contributed by atoms with Crippen LogP contribution in [0.4, 0.5) is 0 Å². The van der Waals surface area contributed by atoms with Crippen LogP contribution in [0.25, 0.3) is 0 Å². The highest BCUT2D eigenvalue weighted by molar-refractivity contribution is 5.83. The second-order valence-electron chi connectivity index (χ2n) is 5.50. The first-order chi connectivity index (χ1) is 7.78. The summed E-state index contributed by atoms with van der Waals surface area (Å²) in [5.41, 5.74) is 4.99. The Balaban J connectivity index is 2.73. The fraction of sp³-hybridized carbons (Fsp3) is 0.833. The van der Waals surface area contributed by atoms with E-state index in [9.17, 15) is 14.7 Å². The topological polar surface area (TPSA) is 83.6 Å². The van der Waals surface area contributed by atoms with Crippen LogP contribution in [0, 0.1) is 11.3 Å². The summed E-state index contributed by atoms with van der Waals surface area (Å²) in [6.45, 7) is 6.35. The van der Waals surface area contributed by atoms with E-state index in [0.717, 1.165) is 6.42 Å². The molecule has 0 aromatic rings. The largest absolute Gasteiger partial charge is 0.481 e. The molecule has 1 amide bonds. The predicted octanol–water partition coefficient (Wildman–Crippen LogP) is 0.683. The normalized spacial score (nSPS) is 27.0. The van der Waals surface area contributed by atoms with Gasteiger partial charge in [0.25, 0.3) is 0 Å². The van der Waals surface area contributed by atoms with Crippen molar-refractivity contribution in [1.82, 2.24) is 4.90 Å². The first-order valence-electron chi connectivity index (χ1n) is 6.06. The highest BCUT2D eigenvalue weighted by Gasteiger charge is 2.40. The second kappa shape index (κ2) is 5.04. The highest BCUT2D eigenvalue weighted by Crippen LogP contribution is 2.30. The van der Waals surface area contributed by atoms with Gasteiger partial charge in [0.15, 0.2) is 0 Å². The molecule has 3 N–H and O–H groups in total. The van der Waals surface area contributed by atoms with E-state index in [-0.39, 0.29) is 18.4 Å². The van der Waals surface area contributed by atoms with Crippen LogP contribution in [0.5, 0.6) is 0 Å². The van der Waals surface area contributed by atoms with Gasteiger partial charge in [-0.15, -0.1) is 0 Å². The van der Waals surface area contributed by atoms with Gasteiger partial charge in [-0.05, 0) is 25.7 Å². The smallest absolute Gasteiger partial charge is 0.311 e. The second-order valence-corrected chi connectivity index (χ2v) is 5.50. The summed E-state index contributed by atoms with van der Waals surface area (Å²) >= 11 is 0. The van der Waals surface area contributed by atoms with E-state index in [2.05, 4.69) is 0 Å². The predicted molar refractivity (Wildman–Crippen MR) is 64.4 cm³/mol. The van der Waals surface area contributed by atoms with Crippen molar-refractivity contribution in [2.75, 3.05) is 13.1 Å². The molecule has 0 bridgehead atoms. The molecule has 1 aliphatic heterocycles. The van der Waals surface area contributed by atoms with E-state index < -0.39 is 17.4 Å². The minimum absolute atomic E-state index is 0.0699. The molecule has 0 saturated carbocycles. The highest BCUT2D eigenvalue weighted by atomic mass is 16.4. The van der Waals surface area contributed by atoms with Gasteiger partial charge >= 0.3 is 5.97 Å². The molecular formula is C12H22N2O3. The summed E-state index contributed by atoms with van der Waals surface area (Å²) in [6, 6.07) is -0.536.